The summed E-state index contributed by atoms with van der Waals surface area (Å²) in [5.41, 5.74) is 1.35. The van der Waals surface area contributed by atoms with Crippen LogP contribution in [0.1, 0.15) is 24.1 Å². The summed E-state index contributed by atoms with van der Waals surface area (Å²) in [7, 11) is 0. The summed E-state index contributed by atoms with van der Waals surface area (Å²) < 4.78 is 4.22. The molecule has 0 aliphatic carbocycles. The second-order valence-electron chi connectivity index (χ2n) is 5.26. The van der Waals surface area contributed by atoms with Gasteiger partial charge in [-0.2, -0.15) is 9.64 Å². The fraction of sp³-hybridized carbons (Fsp3) is 0.571. The number of rotatable bonds is 5. The fourth-order valence-corrected chi connectivity index (χ4v) is 3.26. The Bertz CT molecular complexity index is 616. The molecule has 1 aromatic rings. The Hall–Kier alpha value is -2.34. The average molecular weight is 337 g/mol. The quantitative estimate of drug-likeness (QED) is 0.776. The SMILES string of the molecule is Cc1nsc(N2CCN(C(=O)NCCCC(=O)O)CC2)c1C#N. The number of piperazine rings is 1. The number of hydrogen-bond acceptors (Lipinski definition) is 6. The van der Waals surface area contributed by atoms with Crippen molar-refractivity contribution in [2.24, 2.45) is 0 Å². The van der Waals surface area contributed by atoms with Crippen molar-refractivity contribution in [2.75, 3.05) is 37.6 Å². The molecule has 2 N–H and O–H groups in total. The van der Waals surface area contributed by atoms with Gasteiger partial charge in [-0.1, -0.05) is 0 Å². The Morgan fingerprint density at radius 1 is 1.39 bits per heavy atom. The zero-order valence-corrected chi connectivity index (χ0v) is 13.7. The summed E-state index contributed by atoms with van der Waals surface area (Å²) in [5, 5.41) is 21.3. The molecular formula is C14H19N5O3S. The van der Waals surface area contributed by atoms with Gasteiger partial charge in [0.2, 0.25) is 0 Å². The number of aryl methyl sites for hydroxylation is 1. The molecule has 0 spiro atoms. The van der Waals surface area contributed by atoms with E-state index in [0.717, 1.165) is 10.7 Å². The number of carboxylic acid groups (broad SMARTS) is 1. The highest BCUT2D eigenvalue weighted by Gasteiger charge is 2.24. The van der Waals surface area contributed by atoms with Crippen LogP contribution in [0.3, 0.4) is 0 Å². The highest BCUT2D eigenvalue weighted by molar-refractivity contribution is 7.10. The normalized spacial score (nSPS) is 14.4. The summed E-state index contributed by atoms with van der Waals surface area (Å²) in [6.45, 7) is 4.61. The molecule has 0 bridgehead atoms. The van der Waals surface area contributed by atoms with Gasteiger partial charge in [0.1, 0.15) is 16.6 Å². The number of hydrogen-bond donors (Lipinski definition) is 2. The van der Waals surface area contributed by atoms with E-state index in [1.165, 1.54) is 11.5 Å². The minimum Gasteiger partial charge on any atom is -0.481 e. The van der Waals surface area contributed by atoms with Crippen LogP contribution in [0.5, 0.6) is 0 Å². The third kappa shape index (κ3) is 4.32. The zero-order valence-electron chi connectivity index (χ0n) is 12.9. The smallest absolute Gasteiger partial charge is 0.317 e. The maximum absolute atomic E-state index is 12.0. The van der Waals surface area contributed by atoms with Crippen molar-refractivity contribution in [3.63, 3.8) is 0 Å². The van der Waals surface area contributed by atoms with E-state index in [0.29, 0.717) is 44.7 Å². The van der Waals surface area contributed by atoms with Crippen molar-refractivity contribution < 1.29 is 14.7 Å². The highest BCUT2D eigenvalue weighted by atomic mass is 32.1. The van der Waals surface area contributed by atoms with E-state index >= 15 is 0 Å². The number of urea groups is 1. The predicted molar refractivity (Wildman–Crippen MR) is 85.6 cm³/mol. The lowest BCUT2D eigenvalue weighted by atomic mass is 10.2. The highest BCUT2D eigenvalue weighted by Crippen LogP contribution is 2.28. The maximum atomic E-state index is 12.0. The zero-order chi connectivity index (χ0) is 16.8. The summed E-state index contributed by atoms with van der Waals surface area (Å²) in [6.07, 6.45) is 0.475. The molecule has 1 aliphatic heterocycles. The van der Waals surface area contributed by atoms with Gasteiger partial charge in [0, 0.05) is 39.1 Å². The molecule has 0 radical (unpaired) electrons. The molecule has 0 atom stereocenters. The number of carboxylic acids is 1. The average Bonchev–Trinajstić information content (AvgIpc) is 2.92. The predicted octanol–water partition coefficient (Wildman–Crippen LogP) is 1.02. The van der Waals surface area contributed by atoms with Crippen LogP contribution in [-0.4, -0.2) is 59.1 Å². The van der Waals surface area contributed by atoms with Crippen LogP contribution < -0.4 is 10.2 Å². The lowest BCUT2D eigenvalue weighted by Gasteiger charge is -2.35. The lowest BCUT2D eigenvalue weighted by molar-refractivity contribution is -0.137. The molecule has 9 heteroatoms. The Morgan fingerprint density at radius 3 is 2.70 bits per heavy atom. The lowest BCUT2D eigenvalue weighted by Crippen LogP contribution is -2.52. The van der Waals surface area contributed by atoms with E-state index in [4.69, 9.17) is 5.11 Å². The topological polar surface area (TPSA) is 110 Å². The number of carbonyl (C=O) groups is 2. The molecule has 0 unspecified atom stereocenters. The summed E-state index contributed by atoms with van der Waals surface area (Å²) in [5.74, 6) is -0.860. The monoisotopic (exact) mass is 337 g/mol. The minimum atomic E-state index is -0.860. The first-order chi connectivity index (χ1) is 11.0. The number of carbonyl (C=O) groups excluding carboxylic acids is 1. The van der Waals surface area contributed by atoms with Crippen molar-refractivity contribution in [1.82, 2.24) is 14.6 Å². The summed E-state index contributed by atoms with van der Waals surface area (Å²) >= 11 is 1.32. The van der Waals surface area contributed by atoms with Gasteiger partial charge in [0.25, 0.3) is 0 Å². The van der Waals surface area contributed by atoms with E-state index in [9.17, 15) is 14.9 Å². The third-order valence-corrected chi connectivity index (χ3v) is 4.65. The van der Waals surface area contributed by atoms with Crippen molar-refractivity contribution in [3.05, 3.63) is 11.3 Å². The van der Waals surface area contributed by atoms with Crippen LogP contribution in [0.2, 0.25) is 0 Å². The van der Waals surface area contributed by atoms with Gasteiger partial charge in [0.15, 0.2) is 0 Å². The summed E-state index contributed by atoms with van der Waals surface area (Å²) in [4.78, 5) is 26.2. The minimum absolute atomic E-state index is 0.0513. The van der Waals surface area contributed by atoms with Crippen LogP contribution in [0.15, 0.2) is 0 Å². The van der Waals surface area contributed by atoms with Crippen molar-refractivity contribution in [1.29, 1.82) is 5.26 Å². The van der Waals surface area contributed by atoms with Gasteiger partial charge in [0.05, 0.1) is 5.69 Å². The van der Waals surface area contributed by atoms with Crippen LogP contribution >= 0.6 is 11.5 Å². The molecule has 1 aliphatic rings. The number of anilines is 1. The fourth-order valence-electron chi connectivity index (χ4n) is 2.36. The molecule has 0 saturated carbocycles. The van der Waals surface area contributed by atoms with Crippen LogP contribution in [0.25, 0.3) is 0 Å². The van der Waals surface area contributed by atoms with Gasteiger partial charge in [-0.3, -0.25) is 4.79 Å². The molecule has 1 aromatic heterocycles. The standard InChI is InChI=1S/C14H19N5O3S/c1-10-11(9-15)13(23-17-10)18-5-7-19(8-6-18)14(22)16-4-2-3-12(20)21/h2-8H2,1H3,(H,16,22)(H,20,21). The first-order valence-corrected chi connectivity index (χ1v) is 8.16. The van der Waals surface area contributed by atoms with Gasteiger partial charge >= 0.3 is 12.0 Å². The first-order valence-electron chi connectivity index (χ1n) is 7.38. The Morgan fingerprint density at radius 2 is 2.09 bits per heavy atom. The van der Waals surface area contributed by atoms with E-state index in [2.05, 4.69) is 20.7 Å². The number of nitrogens with one attached hydrogen (secondary N) is 1. The molecule has 2 rings (SSSR count). The molecular weight excluding hydrogens is 318 g/mol. The first kappa shape index (κ1) is 17.0. The third-order valence-electron chi connectivity index (χ3n) is 3.65. The molecule has 0 aromatic carbocycles. The summed E-state index contributed by atoms with van der Waals surface area (Å²) in [6, 6.07) is 2.01. The molecule has 1 saturated heterocycles. The number of nitrogens with zero attached hydrogens (tertiary/aromatic N) is 4. The van der Waals surface area contributed by atoms with Crippen molar-refractivity contribution in [2.45, 2.75) is 19.8 Å². The second-order valence-corrected chi connectivity index (χ2v) is 6.02. The van der Waals surface area contributed by atoms with Gasteiger partial charge in [-0.05, 0) is 24.9 Å². The van der Waals surface area contributed by atoms with E-state index in [-0.39, 0.29) is 12.5 Å². The van der Waals surface area contributed by atoms with Gasteiger partial charge in [-0.15, -0.1) is 0 Å². The number of amides is 2. The van der Waals surface area contributed by atoms with Gasteiger partial charge in [-0.25, -0.2) is 4.79 Å². The van der Waals surface area contributed by atoms with Crippen molar-refractivity contribution in [3.8, 4) is 6.07 Å². The van der Waals surface area contributed by atoms with E-state index in [1.54, 1.807) is 4.90 Å². The molecule has 2 heterocycles. The van der Waals surface area contributed by atoms with Crippen LogP contribution in [0.4, 0.5) is 9.80 Å². The number of aromatic nitrogens is 1. The van der Waals surface area contributed by atoms with Crippen molar-refractivity contribution >= 4 is 28.5 Å². The van der Waals surface area contributed by atoms with E-state index in [1.807, 2.05) is 6.92 Å². The second kappa shape index (κ2) is 7.78. The molecule has 2 amide bonds. The molecule has 124 valence electrons. The molecule has 1 fully saturated rings. The molecule has 8 nitrogen and oxygen atoms in total. The Balaban J connectivity index is 1.80. The van der Waals surface area contributed by atoms with Crippen LogP contribution in [0, 0.1) is 18.3 Å². The molecule has 23 heavy (non-hydrogen) atoms. The number of aliphatic carboxylic acids is 1. The van der Waals surface area contributed by atoms with Gasteiger partial charge < -0.3 is 20.2 Å². The Labute approximate surface area is 138 Å². The number of nitriles is 1. The van der Waals surface area contributed by atoms with Crippen LogP contribution in [-0.2, 0) is 4.79 Å². The maximum Gasteiger partial charge on any atom is 0.317 e. The largest absolute Gasteiger partial charge is 0.481 e. The Kier molecular flexibility index (Phi) is 5.76. The van der Waals surface area contributed by atoms with E-state index < -0.39 is 5.97 Å².